The highest BCUT2D eigenvalue weighted by atomic mass is 19.1. The highest BCUT2D eigenvalue weighted by Crippen LogP contribution is 2.31. The van der Waals surface area contributed by atoms with Crippen LogP contribution in [0.1, 0.15) is 0 Å². The Kier molecular flexibility index (Phi) is 1.85. The molecule has 0 unspecified atom stereocenters. The standard InChI is InChI=1S/C7H7FO3/c1-11-7-2-4(8)5(9)3-6(7)10/h2-3,9-10H,1H3. The lowest BCUT2D eigenvalue weighted by atomic mass is 10.3. The maximum atomic E-state index is 12.5. The SMILES string of the molecule is COc1cc(F)c(O)cc1O. The molecule has 0 atom stereocenters. The summed E-state index contributed by atoms with van der Waals surface area (Å²) in [6.45, 7) is 0. The van der Waals surface area contributed by atoms with Crippen molar-refractivity contribution in [2.24, 2.45) is 0 Å². The molecule has 60 valence electrons. The van der Waals surface area contributed by atoms with Crippen molar-refractivity contribution in [2.75, 3.05) is 7.11 Å². The molecule has 1 rings (SSSR count). The van der Waals surface area contributed by atoms with Crippen LogP contribution >= 0.6 is 0 Å². The summed E-state index contributed by atoms with van der Waals surface area (Å²) in [7, 11) is 1.30. The predicted molar refractivity (Wildman–Crippen MR) is 36.3 cm³/mol. The van der Waals surface area contributed by atoms with Crippen molar-refractivity contribution in [3.8, 4) is 17.2 Å². The monoisotopic (exact) mass is 158 g/mol. The number of rotatable bonds is 1. The Labute approximate surface area is 62.7 Å². The van der Waals surface area contributed by atoms with E-state index in [1.165, 1.54) is 7.11 Å². The van der Waals surface area contributed by atoms with Crippen LogP contribution in [0.25, 0.3) is 0 Å². The van der Waals surface area contributed by atoms with E-state index in [4.69, 9.17) is 10.2 Å². The minimum Gasteiger partial charge on any atom is -0.505 e. The van der Waals surface area contributed by atoms with Crippen molar-refractivity contribution < 1.29 is 19.3 Å². The molecule has 0 saturated carbocycles. The van der Waals surface area contributed by atoms with Gasteiger partial charge in [-0.1, -0.05) is 0 Å². The highest BCUT2D eigenvalue weighted by Gasteiger charge is 2.07. The number of aromatic hydroxyl groups is 2. The normalized spacial score (nSPS) is 9.64. The molecule has 0 radical (unpaired) electrons. The van der Waals surface area contributed by atoms with E-state index in [1.807, 2.05) is 0 Å². The van der Waals surface area contributed by atoms with Gasteiger partial charge in [0.1, 0.15) is 0 Å². The second-order valence-corrected chi connectivity index (χ2v) is 1.98. The van der Waals surface area contributed by atoms with Crippen LogP contribution in [0.2, 0.25) is 0 Å². The van der Waals surface area contributed by atoms with Crippen LogP contribution in [-0.2, 0) is 0 Å². The molecule has 4 heteroatoms. The lowest BCUT2D eigenvalue weighted by molar-refractivity contribution is 0.361. The van der Waals surface area contributed by atoms with Crippen LogP contribution in [0, 0.1) is 5.82 Å². The molecule has 0 spiro atoms. The summed E-state index contributed by atoms with van der Waals surface area (Å²) >= 11 is 0. The van der Waals surface area contributed by atoms with Gasteiger partial charge >= 0.3 is 0 Å². The zero-order chi connectivity index (χ0) is 8.43. The summed E-state index contributed by atoms with van der Waals surface area (Å²) in [4.78, 5) is 0. The summed E-state index contributed by atoms with van der Waals surface area (Å²) in [6.07, 6.45) is 0. The van der Waals surface area contributed by atoms with E-state index in [1.54, 1.807) is 0 Å². The van der Waals surface area contributed by atoms with Gasteiger partial charge in [-0.25, -0.2) is 4.39 Å². The van der Waals surface area contributed by atoms with E-state index in [-0.39, 0.29) is 11.5 Å². The Morgan fingerprint density at radius 3 is 2.45 bits per heavy atom. The fourth-order valence-electron chi connectivity index (χ4n) is 0.696. The second kappa shape index (κ2) is 2.65. The third-order valence-electron chi connectivity index (χ3n) is 1.25. The van der Waals surface area contributed by atoms with Gasteiger partial charge in [0.05, 0.1) is 7.11 Å². The maximum Gasteiger partial charge on any atom is 0.168 e. The Bertz CT molecular complexity index is 273. The molecule has 0 heterocycles. The molecule has 0 aliphatic rings. The van der Waals surface area contributed by atoms with Gasteiger partial charge in [-0.2, -0.15) is 0 Å². The first kappa shape index (κ1) is 7.65. The fraction of sp³-hybridized carbons (Fsp3) is 0.143. The van der Waals surface area contributed by atoms with Crippen LogP contribution in [-0.4, -0.2) is 17.3 Å². The smallest absolute Gasteiger partial charge is 0.168 e. The van der Waals surface area contributed by atoms with Gasteiger partial charge in [-0.3, -0.25) is 0 Å². The van der Waals surface area contributed by atoms with E-state index in [9.17, 15) is 4.39 Å². The largest absolute Gasteiger partial charge is 0.505 e. The number of methoxy groups -OCH3 is 1. The Morgan fingerprint density at radius 2 is 1.91 bits per heavy atom. The Balaban J connectivity index is 3.21. The summed E-state index contributed by atoms with van der Waals surface area (Å²) in [5.74, 6) is -1.70. The van der Waals surface area contributed by atoms with Crippen LogP contribution in [0.3, 0.4) is 0 Å². The van der Waals surface area contributed by atoms with Gasteiger partial charge < -0.3 is 14.9 Å². The lowest BCUT2D eigenvalue weighted by Gasteiger charge is -2.03. The molecule has 0 fully saturated rings. The first-order valence-corrected chi connectivity index (χ1v) is 2.90. The average Bonchev–Trinajstić information content (AvgIpc) is 1.97. The van der Waals surface area contributed by atoms with Gasteiger partial charge in [0.15, 0.2) is 23.1 Å². The quantitative estimate of drug-likeness (QED) is 0.646. The van der Waals surface area contributed by atoms with E-state index in [2.05, 4.69) is 4.74 Å². The van der Waals surface area contributed by atoms with Crippen molar-refractivity contribution in [3.05, 3.63) is 17.9 Å². The lowest BCUT2D eigenvalue weighted by Crippen LogP contribution is -1.85. The summed E-state index contributed by atoms with van der Waals surface area (Å²) in [5, 5.41) is 17.7. The Hall–Kier alpha value is -1.45. The molecule has 3 nitrogen and oxygen atoms in total. The van der Waals surface area contributed by atoms with E-state index in [0.717, 1.165) is 12.1 Å². The van der Waals surface area contributed by atoms with Crippen LogP contribution in [0.4, 0.5) is 4.39 Å². The van der Waals surface area contributed by atoms with Crippen LogP contribution in [0.5, 0.6) is 17.2 Å². The van der Waals surface area contributed by atoms with Crippen LogP contribution < -0.4 is 4.74 Å². The molecule has 0 amide bonds. The predicted octanol–water partition coefficient (Wildman–Crippen LogP) is 1.25. The van der Waals surface area contributed by atoms with Crippen molar-refractivity contribution >= 4 is 0 Å². The van der Waals surface area contributed by atoms with Gasteiger partial charge in [-0.15, -0.1) is 0 Å². The van der Waals surface area contributed by atoms with E-state index in [0.29, 0.717) is 0 Å². The number of ether oxygens (including phenoxy) is 1. The number of phenols is 2. The molecule has 0 aliphatic carbocycles. The fourth-order valence-corrected chi connectivity index (χ4v) is 0.696. The van der Waals surface area contributed by atoms with Gasteiger partial charge in [0.2, 0.25) is 0 Å². The average molecular weight is 158 g/mol. The topological polar surface area (TPSA) is 49.7 Å². The van der Waals surface area contributed by atoms with Gasteiger partial charge in [-0.05, 0) is 0 Å². The zero-order valence-electron chi connectivity index (χ0n) is 5.84. The molecule has 0 aliphatic heterocycles. The Morgan fingerprint density at radius 1 is 1.27 bits per heavy atom. The first-order valence-electron chi connectivity index (χ1n) is 2.90. The van der Waals surface area contributed by atoms with Crippen molar-refractivity contribution in [2.45, 2.75) is 0 Å². The van der Waals surface area contributed by atoms with Gasteiger partial charge in [0, 0.05) is 12.1 Å². The highest BCUT2D eigenvalue weighted by molar-refractivity contribution is 5.44. The molecule has 0 aromatic heterocycles. The molecular formula is C7H7FO3. The summed E-state index contributed by atoms with van der Waals surface area (Å²) in [5.41, 5.74) is 0. The maximum absolute atomic E-state index is 12.5. The zero-order valence-corrected chi connectivity index (χ0v) is 5.84. The molecule has 1 aromatic carbocycles. The first-order chi connectivity index (χ1) is 5.15. The summed E-state index contributed by atoms with van der Waals surface area (Å²) < 4.78 is 17.1. The number of halogens is 1. The summed E-state index contributed by atoms with van der Waals surface area (Å²) in [6, 6.07) is 1.79. The molecule has 11 heavy (non-hydrogen) atoms. The van der Waals surface area contributed by atoms with Crippen molar-refractivity contribution in [1.82, 2.24) is 0 Å². The minimum absolute atomic E-state index is 0.000278. The van der Waals surface area contributed by atoms with Crippen LogP contribution in [0.15, 0.2) is 12.1 Å². The minimum atomic E-state index is -0.820. The van der Waals surface area contributed by atoms with Crippen molar-refractivity contribution in [1.29, 1.82) is 0 Å². The third-order valence-corrected chi connectivity index (χ3v) is 1.25. The molecular weight excluding hydrogens is 151 g/mol. The third kappa shape index (κ3) is 1.34. The number of phenolic OH excluding ortho intramolecular Hbond substituents is 2. The van der Waals surface area contributed by atoms with Gasteiger partial charge in [0.25, 0.3) is 0 Å². The molecule has 1 aromatic rings. The molecule has 0 saturated heterocycles. The van der Waals surface area contributed by atoms with Crippen molar-refractivity contribution in [3.63, 3.8) is 0 Å². The molecule has 2 N–H and O–H groups in total. The number of hydrogen-bond acceptors (Lipinski definition) is 3. The van der Waals surface area contributed by atoms with E-state index >= 15 is 0 Å². The number of hydrogen-bond donors (Lipinski definition) is 2. The molecule has 0 bridgehead atoms. The second-order valence-electron chi connectivity index (χ2n) is 1.98. The van der Waals surface area contributed by atoms with E-state index < -0.39 is 11.6 Å². The number of benzene rings is 1.